The second-order valence-electron chi connectivity index (χ2n) is 5.25. The second kappa shape index (κ2) is 5.87. The Kier molecular flexibility index (Phi) is 5.02. The Morgan fingerprint density at radius 2 is 2.00 bits per heavy atom. The minimum atomic E-state index is 0.191. The third kappa shape index (κ3) is 3.46. The van der Waals surface area contributed by atoms with Gasteiger partial charge in [-0.05, 0) is 32.2 Å². The molecule has 0 spiro atoms. The summed E-state index contributed by atoms with van der Waals surface area (Å²) in [7, 11) is 1.98. The molecular formula is C13H24ClN3. The zero-order valence-corrected chi connectivity index (χ0v) is 12.4. The lowest BCUT2D eigenvalue weighted by Crippen LogP contribution is -2.29. The van der Waals surface area contributed by atoms with Crippen LogP contribution in [0.4, 0.5) is 0 Å². The number of rotatable bonds is 6. The van der Waals surface area contributed by atoms with E-state index in [2.05, 4.69) is 38.1 Å². The van der Waals surface area contributed by atoms with Gasteiger partial charge in [-0.25, -0.2) is 0 Å². The predicted octanol–water partition coefficient (Wildman–Crippen LogP) is 2.91. The molecule has 1 aromatic heterocycles. The molecule has 0 saturated carbocycles. The summed E-state index contributed by atoms with van der Waals surface area (Å²) in [5.74, 6) is 0. The monoisotopic (exact) mass is 257 g/mol. The first kappa shape index (κ1) is 14.5. The normalized spacial score (nSPS) is 12.1. The molecule has 17 heavy (non-hydrogen) atoms. The minimum Gasteiger partial charge on any atom is -0.319 e. The van der Waals surface area contributed by atoms with Gasteiger partial charge in [-0.15, -0.1) is 0 Å². The Hall–Kier alpha value is -0.540. The van der Waals surface area contributed by atoms with Crippen LogP contribution in [0.25, 0.3) is 0 Å². The van der Waals surface area contributed by atoms with Crippen molar-refractivity contribution in [3.05, 3.63) is 16.4 Å². The van der Waals surface area contributed by atoms with E-state index in [1.165, 1.54) is 5.69 Å². The molecule has 1 heterocycles. The standard InChI is InChI=1S/C13H24ClN3/c1-6-10-12(14)11(17(7-2)16-10)8-13(3,4)9-15-5/h15H,6-9H2,1-5H3. The van der Waals surface area contributed by atoms with Gasteiger partial charge in [0, 0.05) is 13.1 Å². The lowest BCUT2D eigenvalue weighted by molar-refractivity contribution is 0.339. The Morgan fingerprint density at radius 1 is 1.35 bits per heavy atom. The summed E-state index contributed by atoms with van der Waals surface area (Å²) in [6.07, 6.45) is 1.85. The number of aromatic nitrogens is 2. The zero-order chi connectivity index (χ0) is 13.1. The van der Waals surface area contributed by atoms with Crippen molar-refractivity contribution in [1.82, 2.24) is 15.1 Å². The lowest BCUT2D eigenvalue weighted by Gasteiger charge is -2.24. The molecule has 0 bridgehead atoms. The van der Waals surface area contributed by atoms with Crippen LogP contribution in [0.3, 0.4) is 0 Å². The molecule has 4 heteroatoms. The molecule has 0 amide bonds. The van der Waals surface area contributed by atoms with Gasteiger partial charge in [-0.2, -0.15) is 5.10 Å². The van der Waals surface area contributed by atoms with Crippen molar-refractivity contribution in [2.75, 3.05) is 13.6 Å². The molecule has 0 aliphatic carbocycles. The Labute approximate surface area is 110 Å². The third-order valence-electron chi connectivity index (χ3n) is 3.00. The number of hydrogen-bond acceptors (Lipinski definition) is 2. The van der Waals surface area contributed by atoms with E-state index >= 15 is 0 Å². The van der Waals surface area contributed by atoms with Gasteiger partial charge in [-0.1, -0.05) is 32.4 Å². The Bertz CT molecular complexity index is 369. The highest BCUT2D eigenvalue weighted by Gasteiger charge is 2.23. The molecule has 0 aliphatic heterocycles. The van der Waals surface area contributed by atoms with Crippen LogP contribution >= 0.6 is 11.6 Å². The van der Waals surface area contributed by atoms with E-state index in [0.29, 0.717) is 0 Å². The first-order chi connectivity index (χ1) is 7.95. The van der Waals surface area contributed by atoms with Crippen molar-refractivity contribution in [3.8, 4) is 0 Å². The average molecular weight is 258 g/mol. The van der Waals surface area contributed by atoms with E-state index in [4.69, 9.17) is 11.6 Å². The maximum atomic E-state index is 6.41. The fourth-order valence-electron chi connectivity index (χ4n) is 2.18. The molecule has 0 atom stereocenters. The predicted molar refractivity (Wildman–Crippen MR) is 73.7 cm³/mol. The third-order valence-corrected chi connectivity index (χ3v) is 3.43. The highest BCUT2D eigenvalue weighted by atomic mass is 35.5. The number of nitrogens with zero attached hydrogens (tertiary/aromatic N) is 2. The van der Waals surface area contributed by atoms with E-state index in [-0.39, 0.29) is 5.41 Å². The van der Waals surface area contributed by atoms with Crippen molar-refractivity contribution in [3.63, 3.8) is 0 Å². The van der Waals surface area contributed by atoms with Gasteiger partial charge in [0.15, 0.2) is 0 Å². The molecule has 98 valence electrons. The van der Waals surface area contributed by atoms with E-state index in [0.717, 1.165) is 36.6 Å². The van der Waals surface area contributed by atoms with Crippen LogP contribution in [-0.4, -0.2) is 23.4 Å². The SMILES string of the molecule is CCc1nn(CC)c(CC(C)(C)CNC)c1Cl. The molecule has 0 saturated heterocycles. The number of halogens is 1. The van der Waals surface area contributed by atoms with E-state index in [9.17, 15) is 0 Å². The van der Waals surface area contributed by atoms with Crippen molar-refractivity contribution in [2.24, 2.45) is 5.41 Å². The van der Waals surface area contributed by atoms with Gasteiger partial charge in [-0.3, -0.25) is 4.68 Å². The van der Waals surface area contributed by atoms with Crippen molar-refractivity contribution in [2.45, 2.75) is 47.1 Å². The molecule has 0 unspecified atom stereocenters. The van der Waals surface area contributed by atoms with Gasteiger partial charge in [0.05, 0.1) is 16.4 Å². The van der Waals surface area contributed by atoms with Crippen molar-refractivity contribution < 1.29 is 0 Å². The molecular weight excluding hydrogens is 234 g/mol. The smallest absolute Gasteiger partial charge is 0.0850 e. The maximum Gasteiger partial charge on any atom is 0.0850 e. The first-order valence-corrected chi connectivity index (χ1v) is 6.71. The summed E-state index contributed by atoms with van der Waals surface area (Å²) in [4.78, 5) is 0. The molecule has 1 rings (SSSR count). The van der Waals surface area contributed by atoms with Crippen LogP contribution in [0.5, 0.6) is 0 Å². The summed E-state index contributed by atoms with van der Waals surface area (Å²) >= 11 is 6.41. The van der Waals surface area contributed by atoms with Crippen LogP contribution in [0.2, 0.25) is 5.02 Å². The second-order valence-corrected chi connectivity index (χ2v) is 5.63. The summed E-state index contributed by atoms with van der Waals surface area (Å²) in [5, 5.41) is 8.65. The fourth-order valence-corrected chi connectivity index (χ4v) is 2.52. The highest BCUT2D eigenvalue weighted by molar-refractivity contribution is 6.31. The van der Waals surface area contributed by atoms with Crippen LogP contribution in [0, 0.1) is 5.41 Å². The molecule has 0 radical (unpaired) electrons. The molecule has 0 aromatic carbocycles. The molecule has 3 nitrogen and oxygen atoms in total. The topological polar surface area (TPSA) is 29.9 Å². The van der Waals surface area contributed by atoms with Crippen molar-refractivity contribution in [1.29, 1.82) is 0 Å². The van der Waals surface area contributed by atoms with Gasteiger partial charge in [0.1, 0.15) is 0 Å². The summed E-state index contributed by atoms with van der Waals surface area (Å²) in [5.41, 5.74) is 2.38. The highest BCUT2D eigenvalue weighted by Crippen LogP contribution is 2.28. The fraction of sp³-hybridized carbons (Fsp3) is 0.769. The van der Waals surface area contributed by atoms with Gasteiger partial charge >= 0.3 is 0 Å². The van der Waals surface area contributed by atoms with Gasteiger partial charge in [0.2, 0.25) is 0 Å². The Balaban J connectivity index is 3.00. The molecule has 1 aromatic rings. The van der Waals surface area contributed by atoms with Gasteiger partial charge < -0.3 is 5.32 Å². The number of aryl methyl sites for hydroxylation is 2. The van der Waals surface area contributed by atoms with Crippen LogP contribution in [-0.2, 0) is 19.4 Å². The minimum absolute atomic E-state index is 0.191. The number of nitrogens with one attached hydrogen (secondary N) is 1. The summed E-state index contributed by atoms with van der Waals surface area (Å²) in [6.45, 7) is 10.6. The largest absolute Gasteiger partial charge is 0.319 e. The van der Waals surface area contributed by atoms with E-state index in [1.54, 1.807) is 0 Å². The molecule has 0 fully saturated rings. The Morgan fingerprint density at radius 3 is 2.47 bits per heavy atom. The van der Waals surface area contributed by atoms with Gasteiger partial charge in [0.25, 0.3) is 0 Å². The quantitative estimate of drug-likeness (QED) is 0.849. The zero-order valence-electron chi connectivity index (χ0n) is 11.6. The lowest BCUT2D eigenvalue weighted by atomic mass is 9.87. The number of hydrogen-bond donors (Lipinski definition) is 1. The average Bonchev–Trinajstić information content (AvgIpc) is 2.55. The van der Waals surface area contributed by atoms with Crippen LogP contribution in [0.1, 0.15) is 39.1 Å². The molecule has 0 aliphatic rings. The summed E-state index contributed by atoms with van der Waals surface area (Å²) < 4.78 is 2.04. The first-order valence-electron chi connectivity index (χ1n) is 6.33. The van der Waals surface area contributed by atoms with E-state index in [1.807, 2.05) is 11.7 Å². The van der Waals surface area contributed by atoms with Crippen LogP contribution in [0.15, 0.2) is 0 Å². The van der Waals surface area contributed by atoms with E-state index < -0.39 is 0 Å². The van der Waals surface area contributed by atoms with Crippen molar-refractivity contribution >= 4 is 11.6 Å². The molecule has 1 N–H and O–H groups in total. The van der Waals surface area contributed by atoms with Crippen LogP contribution < -0.4 is 5.32 Å². The maximum absolute atomic E-state index is 6.41. The summed E-state index contributed by atoms with van der Waals surface area (Å²) in [6, 6.07) is 0.